The Hall–Kier alpha value is -1.54. The van der Waals surface area contributed by atoms with Gasteiger partial charge < -0.3 is 15.0 Å². The highest BCUT2D eigenvalue weighted by Crippen LogP contribution is 2.22. The van der Waals surface area contributed by atoms with Gasteiger partial charge in [0.1, 0.15) is 5.75 Å². The fourth-order valence-electron chi connectivity index (χ4n) is 3.33. The molecule has 0 aromatic heterocycles. The van der Waals surface area contributed by atoms with Crippen molar-refractivity contribution in [3.63, 3.8) is 0 Å². The number of anilines is 1. The van der Waals surface area contributed by atoms with Crippen molar-refractivity contribution in [2.24, 2.45) is 0 Å². The Balaban J connectivity index is 1.49. The number of halogens is 2. The van der Waals surface area contributed by atoms with E-state index in [0.29, 0.717) is 24.8 Å². The first kappa shape index (κ1) is 18.3. The van der Waals surface area contributed by atoms with Crippen LogP contribution < -0.4 is 10.1 Å². The summed E-state index contributed by atoms with van der Waals surface area (Å²) in [5.74, 6) is 2.42. The summed E-state index contributed by atoms with van der Waals surface area (Å²) in [6.07, 6.45) is 1.96. The van der Waals surface area contributed by atoms with Gasteiger partial charge in [-0.15, -0.1) is 0 Å². The van der Waals surface area contributed by atoms with Crippen molar-refractivity contribution >= 4 is 23.5 Å². The molecule has 1 aromatic carbocycles. The zero-order chi connectivity index (χ0) is 17.6. The molecule has 0 radical (unpaired) electrons. The van der Waals surface area contributed by atoms with E-state index in [2.05, 4.69) is 15.0 Å². The Morgan fingerprint density at radius 2 is 1.92 bits per heavy atom. The van der Waals surface area contributed by atoms with Crippen LogP contribution in [0.5, 0.6) is 5.75 Å². The molecular formula is C17H23F2N3O2S. The van der Waals surface area contributed by atoms with E-state index in [-0.39, 0.29) is 11.8 Å². The van der Waals surface area contributed by atoms with Crippen molar-refractivity contribution in [2.45, 2.75) is 25.5 Å². The molecule has 2 aliphatic rings. The molecule has 0 atom stereocenters. The number of piperidine rings is 1. The van der Waals surface area contributed by atoms with E-state index < -0.39 is 6.61 Å². The molecule has 2 amide bonds. The number of carbonyl (C=O) groups excluding carboxylic acids is 1. The Labute approximate surface area is 150 Å². The number of hydrogen-bond acceptors (Lipinski definition) is 4. The average Bonchev–Trinajstić information content (AvgIpc) is 2.62. The van der Waals surface area contributed by atoms with Crippen LogP contribution in [0.3, 0.4) is 0 Å². The van der Waals surface area contributed by atoms with Crippen LogP contribution in [0.4, 0.5) is 19.3 Å². The second-order valence-corrected chi connectivity index (χ2v) is 7.43. The zero-order valence-electron chi connectivity index (χ0n) is 14.0. The molecule has 2 fully saturated rings. The number of carbonyl (C=O) groups is 1. The molecule has 2 heterocycles. The maximum Gasteiger partial charge on any atom is 0.387 e. The predicted molar refractivity (Wildman–Crippen MR) is 95.6 cm³/mol. The molecule has 0 spiro atoms. The molecule has 5 nitrogen and oxygen atoms in total. The van der Waals surface area contributed by atoms with E-state index in [0.717, 1.165) is 25.9 Å². The largest absolute Gasteiger partial charge is 0.435 e. The number of alkyl halides is 2. The lowest BCUT2D eigenvalue weighted by Gasteiger charge is -2.40. The Morgan fingerprint density at radius 1 is 1.20 bits per heavy atom. The van der Waals surface area contributed by atoms with Crippen molar-refractivity contribution in [1.82, 2.24) is 9.80 Å². The molecule has 25 heavy (non-hydrogen) atoms. The fraction of sp³-hybridized carbons (Fsp3) is 0.588. The topological polar surface area (TPSA) is 44.8 Å². The molecule has 0 aliphatic carbocycles. The molecule has 0 saturated carbocycles. The zero-order valence-corrected chi connectivity index (χ0v) is 14.8. The molecule has 0 bridgehead atoms. The minimum absolute atomic E-state index is 0.0366. The lowest BCUT2D eigenvalue weighted by atomic mass is 10.0. The highest BCUT2D eigenvalue weighted by atomic mass is 32.2. The third-order valence-electron chi connectivity index (χ3n) is 4.62. The molecule has 1 N–H and O–H groups in total. The summed E-state index contributed by atoms with van der Waals surface area (Å²) in [6, 6.07) is 6.45. The summed E-state index contributed by atoms with van der Waals surface area (Å²) in [7, 11) is 0. The number of urea groups is 1. The SMILES string of the molecule is O=C(Nc1cccc(OC(F)F)c1)N1CCC(N2CCSCC2)CC1. The van der Waals surface area contributed by atoms with Crippen molar-refractivity contribution < 1.29 is 18.3 Å². The number of benzene rings is 1. The third-order valence-corrected chi connectivity index (χ3v) is 5.57. The van der Waals surface area contributed by atoms with Crippen LogP contribution in [-0.4, -0.2) is 66.2 Å². The number of hydrogen-bond donors (Lipinski definition) is 1. The van der Waals surface area contributed by atoms with Gasteiger partial charge in [0.25, 0.3) is 0 Å². The van der Waals surface area contributed by atoms with E-state index in [4.69, 9.17) is 0 Å². The molecule has 2 saturated heterocycles. The van der Waals surface area contributed by atoms with E-state index in [1.165, 1.54) is 23.6 Å². The quantitative estimate of drug-likeness (QED) is 0.882. The first-order chi connectivity index (χ1) is 12.1. The normalized spacial score (nSPS) is 19.9. The number of amides is 2. The minimum Gasteiger partial charge on any atom is -0.435 e. The Bertz CT molecular complexity index is 577. The summed E-state index contributed by atoms with van der Waals surface area (Å²) in [5, 5.41) is 2.76. The van der Waals surface area contributed by atoms with Gasteiger partial charge in [-0.1, -0.05) is 6.07 Å². The van der Waals surface area contributed by atoms with Crippen LogP contribution in [0, 0.1) is 0 Å². The standard InChI is InChI=1S/C17H23F2N3O2S/c18-16(19)24-15-3-1-2-13(12-15)20-17(23)22-6-4-14(5-7-22)21-8-10-25-11-9-21/h1-3,12,14,16H,4-11H2,(H,20,23). The Kier molecular flexibility index (Phi) is 6.36. The molecule has 138 valence electrons. The van der Waals surface area contributed by atoms with E-state index in [9.17, 15) is 13.6 Å². The van der Waals surface area contributed by atoms with Gasteiger partial charge in [-0.05, 0) is 25.0 Å². The summed E-state index contributed by atoms with van der Waals surface area (Å²) in [4.78, 5) is 16.7. The first-order valence-electron chi connectivity index (χ1n) is 8.54. The number of nitrogens with one attached hydrogen (secondary N) is 1. The molecule has 8 heteroatoms. The van der Waals surface area contributed by atoms with Gasteiger partial charge in [-0.2, -0.15) is 20.5 Å². The predicted octanol–water partition coefficient (Wildman–Crippen LogP) is 3.33. The number of thioether (sulfide) groups is 1. The molecule has 1 aromatic rings. The smallest absolute Gasteiger partial charge is 0.387 e. The maximum atomic E-state index is 12.4. The molecule has 3 rings (SSSR count). The van der Waals surface area contributed by atoms with Crippen molar-refractivity contribution in [3.05, 3.63) is 24.3 Å². The van der Waals surface area contributed by atoms with Crippen LogP contribution in [0.15, 0.2) is 24.3 Å². The minimum atomic E-state index is -2.88. The van der Waals surface area contributed by atoms with E-state index >= 15 is 0 Å². The van der Waals surface area contributed by atoms with Gasteiger partial charge in [0.2, 0.25) is 0 Å². The van der Waals surface area contributed by atoms with Crippen LogP contribution in [0.1, 0.15) is 12.8 Å². The third kappa shape index (κ3) is 5.22. The number of likely N-dealkylation sites (tertiary alicyclic amines) is 1. The van der Waals surface area contributed by atoms with Gasteiger partial charge >= 0.3 is 12.6 Å². The van der Waals surface area contributed by atoms with Crippen LogP contribution in [0.25, 0.3) is 0 Å². The lowest BCUT2D eigenvalue weighted by molar-refractivity contribution is -0.0497. The van der Waals surface area contributed by atoms with Crippen molar-refractivity contribution in [1.29, 1.82) is 0 Å². The summed E-state index contributed by atoms with van der Waals surface area (Å²) < 4.78 is 28.9. The van der Waals surface area contributed by atoms with Gasteiger partial charge in [0.15, 0.2) is 0 Å². The van der Waals surface area contributed by atoms with Gasteiger partial charge in [0, 0.05) is 55.5 Å². The number of ether oxygens (including phenoxy) is 1. The van der Waals surface area contributed by atoms with E-state index in [1.54, 1.807) is 17.0 Å². The van der Waals surface area contributed by atoms with Gasteiger partial charge in [-0.25, -0.2) is 4.79 Å². The Morgan fingerprint density at radius 3 is 2.60 bits per heavy atom. The lowest BCUT2D eigenvalue weighted by Crippen LogP contribution is -2.49. The highest BCUT2D eigenvalue weighted by Gasteiger charge is 2.27. The highest BCUT2D eigenvalue weighted by molar-refractivity contribution is 7.99. The van der Waals surface area contributed by atoms with Crippen LogP contribution >= 0.6 is 11.8 Å². The van der Waals surface area contributed by atoms with Crippen LogP contribution in [-0.2, 0) is 0 Å². The number of rotatable bonds is 4. The second kappa shape index (κ2) is 8.71. The molecular weight excluding hydrogens is 348 g/mol. The molecule has 0 unspecified atom stereocenters. The van der Waals surface area contributed by atoms with Crippen LogP contribution in [0.2, 0.25) is 0 Å². The summed E-state index contributed by atoms with van der Waals surface area (Å²) in [6.45, 7) is 0.829. The summed E-state index contributed by atoms with van der Waals surface area (Å²) in [5.41, 5.74) is 0.457. The van der Waals surface area contributed by atoms with Gasteiger partial charge in [0.05, 0.1) is 0 Å². The van der Waals surface area contributed by atoms with Crippen molar-refractivity contribution in [2.75, 3.05) is 43.0 Å². The molecule has 2 aliphatic heterocycles. The van der Waals surface area contributed by atoms with Crippen molar-refractivity contribution in [3.8, 4) is 5.75 Å². The van der Waals surface area contributed by atoms with E-state index in [1.807, 2.05) is 11.8 Å². The fourth-order valence-corrected chi connectivity index (χ4v) is 4.26. The number of nitrogens with zero attached hydrogens (tertiary/aromatic N) is 2. The first-order valence-corrected chi connectivity index (χ1v) is 9.70. The average molecular weight is 371 g/mol. The monoisotopic (exact) mass is 371 g/mol. The summed E-state index contributed by atoms with van der Waals surface area (Å²) >= 11 is 2.00. The maximum absolute atomic E-state index is 12.4. The van der Waals surface area contributed by atoms with Gasteiger partial charge in [-0.3, -0.25) is 4.90 Å². The second-order valence-electron chi connectivity index (χ2n) is 6.20.